The molecule has 0 spiro atoms. The third-order valence-corrected chi connectivity index (χ3v) is 3.92. The van der Waals surface area contributed by atoms with Crippen molar-refractivity contribution in [2.24, 2.45) is 0 Å². The van der Waals surface area contributed by atoms with Crippen LogP contribution in [-0.4, -0.2) is 16.8 Å². The van der Waals surface area contributed by atoms with Crippen molar-refractivity contribution in [2.45, 2.75) is 46.2 Å². The highest BCUT2D eigenvalue weighted by atomic mass is 19.1. The predicted molar refractivity (Wildman–Crippen MR) is 83.9 cm³/mol. The lowest BCUT2D eigenvalue weighted by atomic mass is 10.00. The SMILES string of the molecule is CCc1cc(CC(NC)c2ccc(F)c(C)c2)n(CC)n1. The maximum Gasteiger partial charge on any atom is 0.126 e. The molecule has 0 aliphatic rings. The van der Waals surface area contributed by atoms with E-state index in [4.69, 9.17) is 0 Å². The molecule has 1 heterocycles. The molecule has 0 saturated heterocycles. The van der Waals surface area contributed by atoms with E-state index >= 15 is 0 Å². The minimum atomic E-state index is -0.152. The van der Waals surface area contributed by atoms with E-state index in [-0.39, 0.29) is 11.9 Å². The topological polar surface area (TPSA) is 29.9 Å². The first-order valence-electron chi connectivity index (χ1n) is 7.57. The Labute approximate surface area is 126 Å². The first-order chi connectivity index (χ1) is 10.1. The van der Waals surface area contributed by atoms with Gasteiger partial charge in [-0.05, 0) is 50.6 Å². The van der Waals surface area contributed by atoms with Gasteiger partial charge in [0, 0.05) is 24.7 Å². The van der Waals surface area contributed by atoms with Crippen molar-refractivity contribution in [2.75, 3.05) is 7.05 Å². The van der Waals surface area contributed by atoms with E-state index in [0.29, 0.717) is 5.56 Å². The summed E-state index contributed by atoms with van der Waals surface area (Å²) in [5.74, 6) is -0.152. The normalized spacial score (nSPS) is 12.6. The number of rotatable bonds is 6. The van der Waals surface area contributed by atoms with Crippen molar-refractivity contribution in [3.05, 3.63) is 52.6 Å². The lowest BCUT2D eigenvalue weighted by Crippen LogP contribution is -2.20. The summed E-state index contributed by atoms with van der Waals surface area (Å²) >= 11 is 0. The molecule has 1 aromatic heterocycles. The summed E-state index contributed by atoms with van der Waals surface area (Å²) < 4.78 is 15.5. The van der Waals surface area contributed by atoms with E-state index in [2.05, 4.69) is 35.0 Å². The summed E-state index contributed by atoms with van der Waals surface area (Å²) in [6.45, 7) is 6.89. The summed E-state index contributed by atoms with van der Waals surface area (Å²) in [5.41, 5.74) is 4.14. The molecule has 2 rings (SSSR count). The Hall–Kier alpha value is -1.68. The Morgan fingerprint density at radius 2 is 2.05 bits per heavy atom. The van der Waals surface area contributed by atoms with Crippen LogP contribution in [0, 0.1) is 12.7 Å². The van der Waals surface area contributed by atoms with Gasteiger partial charge in [0.05, 0.1) is 5.69 Å². The highest BCUT2D eigenvalue weighted by Crippen LogP contribution is 2.21. The van der Waals surface area contributed by atoms with Crippen LogP contribution >= 0.6 is 0 Å². The van der Waals surface area contributed by atoms with E-state index in [9.17, 15) is 4.39 Å². The van der Waals surface area contributed by atoms with Crippen molar-refractivity contribution < 1.29 is 4.39 Å². The van der Waals surface area contributed by atoms with Crippen LogP contribution in [0.4, 0.5) is 4.39 Å². The molecule has 0 bridgehead atoms. The van der Waals surface area contributed by atoms with E-state index in [1.165, 1.54) is 5.69 Å². The Morgan fingerprint density at radius 1 is 1.29 bits per heavy atom. The van der Waals surface area contributed by atoms with Gasteiger partial charge in [-0.25, -0.2) is 4.39 Å². The predicted octanol–water partition coefficient (Wildman–Crippen LogP) is 3.42. The van der Waals surface area contributed by atoms with Crippen LogP contribution in [-0.2, 0) is 19.4 Å². The van der Waals surface area contributed by atoms with Gasteiger partial charge in [0.2, 0.25) is 0 Å². The number of aromatic nitrogens is 2. The molecule has 114 valence electrons. The van der Waals surface area contributed by atoms with Crippen LogP contribution in [0.1, 0.15) is 42.4 Å². The Kier molecular flexibility index (Phi) is 5.12. The van der Waals surface area contributed by atoms with Crippen molar-refractivity contribution in [1.82, 2.24) is 15.1 Å². The maximum atomic E-state index is 13.4. The molecule has 1 unspecified atom stereocenters. The van der Waals surface area contributed by atoms with Gasteiger partial charge in [-0.15, -0.1) is 0 Å². The largest absolute Gasteiger partial charge is 0.313 e. The second-order valence-electron chi connectivity index (χ2n) is 5.35. The number of aryl methyl sites for hydroxylation is 3. The minimum absolute atomic E-state index is 0.152. The molecule has 1 N–H and O–H groups in total. The number of hydrogen-bond acceptors (Lipinski definition) is 2. The molecule has 4 heteroatoms. The summed E-state index contributed by atoms with van der Waals surface area (Å²) in [6, 6.07) is 7.66. The van der Waals surface area contributed by atoms with Gasteiger partial charge in [0.1, 0.15) is 5.82 Å². The van der Waals surface area contributed by atoms with E-state index in [0.717, 1.165) is 30.6 Å². The van der Waals surface area contributed by atoms with Crippen molar-refractivity contribution in [3.63, 3.8) is 0 Å². The number of likely N-dealkylation sites (N-methyl/N-ethyl adjacent to an activating group) is 1. The van der Waals surface area contributed by atoms with Crippen LogP contribution in [0.2, 0.25) is 0 Å². The number of halogens is 1. The lowest BCUT2D eigenvalue weighted by molar-refractivity contribution is 0.538. The zero-order valence-corrected chi connectivity index (χ0v) is 13.3. The Bertz CT molecular complexity index is 604. The molecular weight excluding hydrogens is 265 g/mol. The second-order valence-corrected chi connectivity index (χ2v) is 5.35. The summed E-state index contributed by atoms with van der Waals surface area (Å²) in [5, 5.41) is 7.92. The first-order valence-corrected chi connectivity index (χ1v) is 7.57. The summed E-state index contributed by atoms with van der Waals surface area (Å²) in [7, 11) is 1.94. The van der Waals surface area contributed by atoms with Gasteiger partial charge in [-0.2, -0.15) is 5.10 Å². The molecular formula is C17H24FN3. The van der Waals surface area contributed by atoms with Crippen molar-refractivity contribution in [3.8, 4) is 0 Å². The second kappa shape index (κ2) is 6.85. The highest BCUT2D eigenvalue weighted by Gasteiger charge is 2.15. The molecule has 1 atom stereocenters. The molecule has 21 heavy (non-hydrogen) atoms. The number of hydrogen-bond donors (Lipinski definition) is 1. The minimum Gasteiger partial charge on any atom is -0.313 e. The van der Waals surface area contributed by atoms with Crippen LogP contribution in [0.15, 0.2) is 24.3 Å². The number of nitrogens with one attached hydrogen (secondary N) is 1. The molecule has 0 aliphatic carbocycles. The van der Waals surface area contributed by atoms with E-state index < -0.39 is 0 Å². The van der Waals surface area contributed by atoms with E-state index in [1.54, 1.807) is 13.0 Å². The molecule has 3 nitrogen and oxygen atoms in total. The molecule has 0 fully saturated rings. The van der Waals surface area contributed by atoms with Crippen LogP contribution in [0.5, 0.6) is 0 Å². The molecule has 2 aromatic rings. The summed E-state index contributed by atoms with van der Waals surface area (Å²) in [4.78, 5) is 0. The van der Waals surface area contributed by atoms with E-state index in [1.807, 2.05) is 19.2 Å². The quantitative estimate of drug-likeness (QED) is 0.883. The third kappa shape index (κ3) is 3.50. The fraction of sp³-hybridized carbons (Fsp3) is 0.471. The Morgan fingerprint density at radius 3 is 2.62 bits per heavy atom. The van der Waals surface area contributed by atoms with Crippen LogP contribution in [0.3, 0.4) is 0 Å². The van der Waals surface area contributed by atoms with Gasteiger partial charge in [-0.1, -0.05) is 19.1 Å². The van der Waals surface area contributed by atoms with Gasteiger partial charge in [-0.3, -0.25) is 4.68 Å². The zero-order valence-electron chi connectivity index (χ0n) is 13.3. The zero-order chi connectivity index (χ0) is 15.4. The fourth-order valence-electron chi connectivity index (χ4n) is 2.61. The van der Waals surface area contributed by atoms with Gasteiger partial charge >= 0.3 is 0 Å². The lowest BCUT2D eigenvalue weighted by Gasteiger charge is -2.18. The average molecular weight is 289 g/mol. The smallest absolute Gasteiger partial charge is 0.126 e. The maximum absolute atomic E-state index is 13.4. The Balaban J connectivity index is 2.26. The number of benzene rings is 1. The van der Waals surface area contributed by atoms with Crippen molar-refractivity contribution in [1.29, 1.82) is 0 Å². The van der Waals surface area contributed by atoms with Gasteiger partial charge in [0.25, 0.3) is 0 Å². The average Bonchev–Trinajstić information content (AvgIpc) is 2.90. The monoisotopic (exact) mass is 289 g/mol. The number of nitrogens with zero attached hydrogens (tertiary/aromatic N) is 2. The highest BCUT2D eigenvalue weighted by molar-refractivity contribution is 5.28. The molecule has 0 radical (unpaired) electrons. The van der Waals surface area contributed by atoms with Crippen LogP contribution in [0.25, 0.3) is 0 Å². The molecule has 1 aromatic carbocycles. The van der Waals surface area contributed by atoms with Crippen LogP contribution < -0.4 is 5.32 Å². The molecule has 0 aliphatic heterocycles. The van der Waals surface area contributed by atoms with Gasteiger partial charge < -0.3 is 5.32 Å². The first kappa shape index (κ1) is 15.7. The fourth-order valence-corrected chi connectivity index (χ4v) is 2.61. The van der Waals surface area contributed by atoms with Crippen molar-refractivity contribution >= 4 is 0 Å². The summed E-state index contributed by atoms with van der Waals surface area (Å²) in [6.07, 6.45) is 1.79. The standard InChI is InChI=1S/C17H24FN3/c1-5-14-10-15(21(6-2)20-14)11-17(19-4)13-7-8-16(18)12(3)9-13/h7-10,17,19H,5-6,11H2,1-4H3. The molecule has 0 saturated carbocycles. The van der Waals surface area contributed by atoms with Gasteiger partial charge in [0.15, 0.2) is 0 Å². The third-order valence-electron chi connectivity index (χ3n) is 3.92. The molecule has 0 amide bonds.